The Kier molecular flexibility index (Phi) is 4.11. The van der Waals surface area contributed by atoms with Gasteiger partial charge in [-0.3, -0.25) is 0 Å². The molecule has 0 amide bonds. The summed E-state index contributed by atoms with van der Waals surface area (Å²) in [5.41, 5.74) is 11.1. The molecule has 0 aliphatic carbocycles. The third-order valence-corrected chi connectivity index (χ3v) is 2.04. The summed E-state index contributed by atoms with van der Waals surface area (Å²) in [5.74, 6) is 1.24. The van der Waals surface area contributed by atoms with Crippen molar-refractivity contribution in [1.29, 1.82) is 0 Å². The van der Waals surface area contributed by atoms with Gasteiger partial charge in [-0.15, -0.1) is 0 Å². The molecular weight excluding hydrogens is 194 g/mol. The Hall–Kier alpha value is -1.56. The van der Waals surface area contributed by atoms with Crippen LogP contribution in [0.2, 0.25) is 0 Å². The van der Waals surface area contributed by atoms with Crippen molar-refractivity contribution in [3.63, 3.8) is 0 Å². The number of hydrogen-bond donors (Lipinski definition) is 3. The molecule has 0 fully saturated rings. The van der Waals surface area contributed by atoms with Crippen LogP contribution in [-0.4, -0.2) is 34.8 Å². The first-order chi connectivity index (χ1) is 7.17. The molecule has 0 aliphatic heterocycles. The van der Waals surface area contributed by atoms with Crippen molar-refractivity contribution >= 4 is 17.6 Å². The molecule has 0 aromatic carbocycles. The summed E-state index contributed by atoms with van der Waals surface area (Å²) in [6.07, 6.45) is 0.692. The normalized spacial score (nSPS) is 10.3. The fraction of sp³-hybridized carbons (Fsp3) is 0.556. The number of aliphatic hydroxyl groups excluding tert-OH is 1. The van der Waals surface area contributed by atoms with E-state index in [1.807, 2.05) is 11.8 Å². The summed E-state index contributed by atoms with van der Waals surface area (Å²) in [6, 6.07) is 1.68. The second-order valence-corrected chi connectivity index (χ2v) is 3.17. The average molecular weight is 211 g/mol. The maximum atomic E-state index is 8.76. The molecule has 0 saturated heterocycles. The first-order valence-electron chi connectivity index (χ1n) is 4.93. The molecule has 5 N–H and O–H groups in total. The van der Waals surface area contributed by atoms with Gasteiger partial charge in [0.25, 0.3) is 0 Å². The third kappa shape index (κ3) is 3.25. The first kappa shape index (κ1) is 11.5. The van der Waals surface area contributed by atoms with E-state index in [-0.39, 0.29) is 12.6 Å². The number of hydrogen-bond acceptors (Lipinski definition) is 6. The van der Waals surface area contributed by atoms with Gasteiger partial charge in [0.2, 0.25) is 5.95 Å². The maximum absolute atomic E-state index is 8.76. The van der Waals surface area contributed by atoms with E-state index in [1.165, 1.54) is 0 Å². The SMILES string of the molecule is CCN(CCCO)c1cc(N)nc(N)n1. The summed E-state index contributed by atoms with van der Waals surface area (Å²) in [6.45, 7) is 3.68. The van der Waals surface area contributed by atoms with E-state index < -0.39 is 0 Å². The predicted octanol–water partition coefficient (Wildman–Crippen LogP) is -0.150. The lowest BCUT2D eigenvalue weighted by atomic mass is 10.3. The van der Waals surface area contributed by atoms with Crippen molar-refractivity contribution in [1.82, 2.24) is 9.97 Å². The van der Waals surface area contributed by atoms with Gasteiger partial charge in [0.1, 0.15) is 11.6 Å². The molecule has 0 spiro atoms. The largest absolute Gasteiger partial charge is 0.396 e. The first-order valence-corrected chi connectivity index (χ1v) is 4.93. The van der Waals surface area contributed by atoms with Gasteiger partial charge in [0.15, 0.2) is 0 Å². The Balaban J connectivity index is 2.81. The lowest BCUT2D eigenvalue weighted by molar-refractivity contribution is 0.289. The summed E-state index contributed by atoms with van der Waals surface area (Å²) >= 11 is 0. The van der Waals surface area contributed by atoms with Crippen molar-refractivity contribution < 1.29 is 5.11 Å². The van der Waals surface area contributed by atoms with Crippen molar-refractivity contribution in [2.24, 2.45) is 0 Å². The third-order valence-electron chi connectivity index (χ3n) is 2.04. The van der Waals surface area contributed by atoms with E-state index in [1.54, 1.807) is 6.07 Å². The quantitative estimate of drug-likeness (QED) is 0.626. The molecule has 0 unspecified atom stereocenters. The van der Waals surface area contributed by atoms with Crippen molar-refractivity contribution in [2.75, 3.05) is 36.1 Å². The topological polar surface area (TPSA) is 101 Å². The van der Waals surface area contributed by atoms with E-state index in [4.69, 9.17) is 16.6 Å². The predicted molar refractivity (Wildman–Crippen MR) is 60.4 cm³/mol. The zero-order valence-electron chi connectivity index (χ0n) is 8.85. The van der Waals surface area contributed by atoms with E-state index >= 15 is 0 Å². The van der Waals surface area contributed by atoms with Crippen LogP contribution in [0, 0.1) is 0 Å². The molecule has 6 nitrogen and oxygen atoms in total. The van der Waals surface area contributed by atoms with E-state index in [2.05, 4.69) is 9.97 Å². The standard InChI is InChI=1S/C9H17N5O/c1-2-14(4-3-5-15)8-6-7(10)12-9(11)13-8/h6,15H,2-5H2,1H3,(H4,10,11,12,13). The number of rotatable bonds is 5. The van der Waals surface area contributed by atoms with Crippen LogP contribution in [0.5, 0.6) is 0 Å². The average Bonchev–Trinajstić information content (AvgIpc) is 2.17. The van der Waals surface area contributed by atoms with E-state index in [0.717, 1.165) is 13.1 Å². The molecule has 15 heavy (non-hydrogen) atoms. The lowest BCUT2D eigenvalue weighted by Crippen LogP contribution is -2.26. The highest BCUT2D eigenvalue weighted by atomic mass is 16.3. The van der Waals surface area contributed by atoms with Crippen LogP contribution in [0.4, 0.5) is 17.6 Å². The van der Waals surface area contributed by atoms with Gasteiger partial charge < -0.3 is 21.5 Å². The van der Waals surface area contributed by atoms with E-state index in [0.29, 0.717) is 18.1 Å². The molecule has 0 bridgehead atoms. The number of nitrogen functional groups attached to an aromatic ring is 2. The molecule has 1 aromatic rings. The van der Waals surface area contributed by atoms with Gasteiger partial charge in [0, 0.05) is 25.8 Å². The van der Waals surface area contributed by atoms with Crippen LogP contribution in [-0.2, 0) is 0 Å². The molecule has 1 aromatic heterocycles. The highest BCUT2D eigenvalue weighted by molar-refractivity contribution is 5.50. The molecular formula is C9H17N5O. The number of nitrogens with two attached hydrogens (primary N) is 2. The Labute approximate surface area is 88.9 Å². The molecule has 1 rings (SSSR count). The van der Waals surface area contributed by atoms with Crippen LogP contribution < -0.4 is 16.4 Å². The molecule has 0 saturated carbocycles. The smallest absolute Gasteiger partial charge is 0.223 e. The minimum atomic E-state index is 0.159. The van der Waals surface area contributed by atoms with Gasteiger partial charge >= 0.3 is 0 Å². The number of aromatic nitrogens is 2. The van der Waals surface area contributed by atoms with Crippen LogP contribution in [0.25, 0.3) is 0 Å². The van der Waals surface area contributed by atoms with Crippen LogP contribution in [0.1, 0.15) is 13.3 Å². The molecule has 6 heteroatoms. The van der Waals surface area contributed by atoms with Crippen molar-refractivity contribution in [3.8, 4) is 0 Å². The highest BCUT2D eigenvalue weighted by Crippen LogP contribution is 2.14. The Morgan fingerprint density at radius 3 is 2.67 bits per heavy atom. The lowest BCUT2D eigenvalue weighted by Gasteiger charge is -2.21. The summed E-state index contributed by atoms with van der Waals surface area (Å²) in [7, 11) is 0. The number of aliphatic hydroxyl groups is 1. The summed E-state index contributed by atoms with van der Waals surface area (Å²) in [5, 5.41) is 8.76. The van der Waals surface area contributed by atoms with Crippen LogP contribution >= 0.6 is 0 Å². The number of anilines is 3. The fourth-order valence-corrected chi connectivity index (χ4v) is 1.33. The van der Waals surface area contributed by atoms with Crippen molar-refractivity contribution in [3.05, 3.63) is 6.07 Å². The Bertz CT molecular complexity index is 297. The molecule has 0 radical (unpaired) electrons. The highest BCUT2D eigenvalue weighted by Gasteiger charge is 2.07. The minimum absolute atomic E-state index is 0.159. The molecule has 1 heterocycles. The van der Waals surface area contributed by atoms with Gasteiger partial charge in [-0.1, -0.05) is 0 Å². The zero-order valence-corrected chi connectivity index (χ0v) is 8.85. The molecule has 0 atom stereocenters. The Morgan fingerprint density at radius 1 is 1.40 bits per heavy atom. The van der Waals surface area contributed by atoms with Gasteiger partial charge in [-0.05, 0) is 13.3 Å². The van der Waals surface area contributed by atoms with Crippen LogP contribution in [0.3, 0.4) is 0 Å². The second-order valence-electron chi connectivity index (χ2n) is 3.17. The zero-order chi connectivity index (χ0) is 11.3. The fourth-order valence-electron chi connectivity index (χ4n) is 1.33. The molecule has 0 aliphatic rings. The van der Waals surface area contributed by atoms with E-state index in [9.17, 15) is 0 Å². The maximum Gasteiger partial charge on any atom is 0.223 e. The van der Waals surface area contributed by atoms with Gasteiger partial charge in [0.05, 0.1) is 0 Å². The van der Waals surface area contributed by atoms with Gasteiger partial charge in [-0.25, -0.2) is 0 Å². The number of nitrogens with zero attached hydrogens (tertiary/aromatic N) is 3. The second kappa shape index (κ2) is 5.35. The molecule has 84 valence electrons. The Morgan fingerprint density at radius 2 is 2.13 bits per heavy atom. The minimum Gasteiger partial charge on any atom is -0.396 e. The summed E-state index contributed by atoms with van der Waals surface area (Å²) in [4.78, 5) is 9.88. The van der Waals surface area contributed by atoms with Gasteiger partial charge in [-0.2, -0.15) is 9.97 Å². The monoisotopic (exact) mass is 211 g/mol. The van der Waals surface area contributed by atoms with Crippen molar-refractivity contribution in [2.45, 2.75) is 13.3 Å². The van der Waals surface area contributed by atoms with Crippen LogP contribution in [0.15, 0.2) is 6.07 Å². The summed E-state index contributed by atoms with van der Waals surface area (Å²) < 4.78 is 0.